The minimum atomic E-state index is -1.31. The summed E-state index contributed by atoms with van der Waals surface area (Å²) in [6, 6.07) is 0. The molecule has 0 amide bonds. The summed E-state index contributed by atoms with van der Waals surface area (Å²) in [5.74, 6) is -0.980. The maximum absolute atomic E-state index is 11.8. The Morgan fingerprint density at radius 2 is 2.06 bits per heavy atom. The van der Waals surface area contributed by atoms with Crippen LogP contribution in [0.25, 0.3) is 0 Å². The van der Waals surface area contributed by atoms with Crippen LogP contribution in [0.5, 0.6) is 0 Å². The quantitative estimate of drug-likeness (QED) is 0.746. The fourth-order valence-corrected chi connectivity index (χ4v) is 2.43. The predicted octanol–water partition coefficient (Wildman–Crippen LogP) is 1.55. The van der Waals surface area contributed by atoms with Crippen molar-refractivity contribution in [3.63, 3.8) is 0 Å². The number of methoxy groups -OCH3 is 1. The van der Waals surface area contributed by atoms with E-state index in [4.69, 9.17) is 0 Å². The number of carbonyl (C=O) groups is 2. The number of aliphatic hydroxyl groups excluding tert-OH is 1. The van der Waals surface area contributed by atoms with Gasteiger partial charge >= 0.3 is 5.97 Å². The van der Waals surface area contributed by atoms with Crippen LogP contribution in [-0.2, 0) is 14.3 Å². The van der Waals surface area contributed by atoms with E-state index in [-0.39, 0.29) is 11.2 Å². The van der Waals surface area contributed by atoms with E-state index in [2.05, 4.69) is 25.5 Å². The van der Waals surface area contributed by atoms with Gasteiger partial charge in [-0.25, -0.2) is 4.79 Å². The molecule has 0 bridgehead atoms. The summed E-state index contributed by atoms with van der Waals surface area (Å²) in [5.41, 5.74) is 0.0921. The number of esters is 1. The van der Waals surface area contributed by atoms with Crippen LogP contribution in [0.1, 0.15) is 40.0 Å². The fourth-order valence-electron chi connectivity index (χ4n) is 2.43. The standard InChI is InChI=1S/C13H22O4/c1-13(2,3)8-5-6-10(14)9(7-8)11(15)12(16)17-4/h8-9,11,15H,5-7H2,1-4H3/t8-,9+,11+/m0/s1. The minimum absolute atomic E-state index is 0.0246. The SMILES string of the molecule is COC(=O)[C@H](O)[C@@H]1C[C@@H](C(C)(C)C)CCC1=O. The van der Waals surface area contributed by atoms with Crippen molar-refractivity contribution >= 4 is 11.8 Å². The summed E-state index contributed by atoms with van der Waals surface area (Å²) in [7, 11) is 1.22. The zero-order valence-electron chi connectivity index (χ0n) is 11.0. The average Bonchev–Trinajstić information content (AvgIpc) is 2.26. The Morgan fingerprint density at radius 1 is 1.47 bits per heavy atom. The highest BCUT2D eigenvalue weighted by molar-refractivity contribution is 5.88. The van der Waals surface area contributed by atoms with Gasteiger partial charge in [0.05, 0.1) is 13.0 Å². The van der Waals surface area contributed by atoms with E-state index in [0.717, 1.165) is 6.42 Å². The first-order valence-electron chi connectivity index (χ1n) is 6.06. The minimum Gasteiger partial charge on any atom is -0.467 e. The van der Waals surface area contributed by atoms with E-state index < -0.39 is 18.0 Å². The molecule has 98 valence electrons. The molecule has 1 saturated carbocycles. The highest BCUT2D eigenvalue weighted by Gasteiger charge is 2.40. The predicted molar refractivity (Wildman–Crippen MR) is 63.3 cm³/mol. The molecule has 0 aromatic carbocycles. The normalized spacial score (nSPS) is 27.7. The second-order valence-corrected chi connectivity index (χ2v) is 5.88. The third-order valence-corrected chi connectivity index (χ3v) is 3.74. The van der Waals surface area contributed by atoms with Crippen molar-refractivity contribution in [1.82, 2.24) is 0 Å². The summed E-state index contributed by atoms with van der Waals surface area (Å²) >= 11 is 0. The molecular weight excluding hydrogens is 220 g/mol. The van der Waals surface area contributed by atoms with Gasteiger partial charge < -0.3 is 9.84 Å². The van der Waals surface area contributed by atoms with E-state index in [0.29, 0.717) is 18.8 Å². The van der Waals surface area contributed by atoms with Crippen LogP contribution in [-0.4, -0.2) is 30.1 Å². The smallest absolute Gasteiger partial charge is 0.335 e. The molecule has 1 N–H and O–H groups in total. The maximum Gasteiger partial charge on any atom is 0.335 e. The van der Waals surface area contributed by atoms with Crippen LogP contribution in [0.3, 0.4) is 0 Å². The second-order valence-electron chi connectivity index (χ2n) is 5.88. The number of ketones is 1. The van der Waals surface area contributed by atoms with Gasteiger partial charge in [0, 0.05) is 6.42 Å². The fraction of sp³-hybridized carbons (Fsp3) is 0.846. The molecule has 0 unspecified atom stereocenters. The summed E-state index contributed by atoms with van der Waals surface area (Å²) in [4.78, 5) is 23.0. The molecule has 1 aliphatic rings. The second kappa shape index (κ2) is 5.17. The molecule has 0 aromatic heterocycles. The van der Waals surface area contributed by atoms with Crippen LogP contribution in [0.4, 0.5) is 0 Å². The van der Waals surface area contributed by atoms with E-state index in [1.807, 2.05) is 0 Å². The number of hydrogen-bond donors (Lipinski definition) is 1. The number of ether oxygens (including phenoxy) is 1. The van der Waals surface area contributed by atoms with E-state index in [1.54, 1.807) is 0 Å². The van der Waals surface area contributed by atoms with Gasteiger partial charge in [-0.05, 0) is 24.2 Å². The number of rotatable bonds is 2. The molecule has 1 rings (SSSR count). The van der Waals surface area contributed by atoms with Gasteiger partial charge in [0.15, 0.2) is 6.10 Å². The lowest BCUT2D eigenvalue weighted by Crippen LogP contribution is -2.41. The Balaban J connectivity index is 2.77. The van der Waals surface area contributed by atoms with Crippen molar-refractivity contribution < 1.29 is 19.4 Å². The third-order valence-electron chi connectivity index (χ3n) is 3.74. The lowest BCUT2D eigenvalue weighted by molar-refractivity contribution is -0.158. The van der Waals surface area contributed by atoms with Gasteiger partial charge in [-0.1, -0.05) is 20.8 Å². The van der Waals surface area contributed by atoms with E-state index in [1.165, 1.54) is 7.11 Å². The monoisotopic (exact) mass is 242 g/mol. The lowest BCUT2D eigenvalue weighted by atomic mass is 9.67. The Bertz CT molecular complexity index is 303. The lowest BCUT2D eigenvalue weighted by Gasteiger charge is -2.37. The summed E-state index contributed by atoms with van der Waals surface area (Å²) < 4.78 is 4.49. The molecule has 1 fully saturated rings. The summed E-state index contributed by atoms with van der Waals surface area (Å²) in [5, 5.41) is 9.80. The highest BCUT2D eigenvalue weighted by Crippen LogP contribution is 2.39. The summed E-state index contributed by atoms with van der Waals surface area (Å²) in [6.45, 7) is 6.36. The molecule has 17 heavy (non-hydrogen) atoms. The van der Waals surface area contributed by atoms with Crippen molar-refractivity contribution in [2.75, 3.05) is 7.11 Å². The zero-order valence-corrected chi connectivity index (χ0v) is 11.0. The van der Waals surface area contributed by atoms with Gasteiger partial charge in [0.25, 0.3) is 0 Å². The number of Topliss-reactive ketones (excluding diaryl/α,β-unsaturated/α-hetero) is 1. The van der Waals surface area contributed by atoms with Gasteiger partial charge in [0.1, 0.15) is 5.78 Å². The maximum atomic E-state index is 11.8. The topological polar surface area (TPSA) is 63.6 Å². The third kappa shape index (κ3) is 3.28. The van der Waals surface area contributed by atoms with Crippen molar-refractivity contribution in [2.24, 2.45) is 17.3 Å². The molecule has 3 atom stereocenters. The Kier molecular flexibility index (Phi) is 4.31. The Labute approximate surface area is 102 Å². The first-order chi connectivity index (χ1) is 7.77. The van der Waals surface area contributed by atoms with E-state index in [9.17, 15) is 14.7 Å². The molecule has 1 aliphatic carbocycles. The van der Waals surface area contributed by atoms with Crippen LogP contribution in [0.15, 0.2) is 0 Å². The molecule has 0 aromatic rings. The number of hydrogen-bond acceptors (Lipinski definition) is 4. The summed E-state index contributed by atoms with van der Waals surface area (Å²) in [6.07, 6.45) is 0.545. The molecule has 4 nitrogen and oxygen atoms in total. The van der Waals surface area contributed by atoms with Crippen molar-refractivity contribution in [3.05, 3.63) is 0 Å². The van der Waals surface area contributed by atoms with Crippen LogP contribution < -0.4 is 0 Å². The van der Waals surface area contributed by atoms with Gasteiger partial charge in [0.2, 0.25) is 0 Å². The Morgan fingerprint density at radius 3 is 2.53 bits per heavy atom. The molecule has 4 heteroatoms. The number of carbonyl (C=O) groups excluding carboxylic acids is 2. The number of aliphatic hydroxyl groups is 1. The van der Waals surface area contributed by atoms with Crippen molar-refractivity contribution in [3.8, 4) is 0 Å². The first kappa shape index (κ1) is 14.2. The largest absolute Gasteiger partial charge is 0.467 e. The van der Waals surface area contributed by atoms with E-state index >= 15 is 0 Å². The molecule has 0 aliphatic heterocycles. The van der Waals surface area contributed by atoms with Crippen molar-refractivity contribution in [2.45, 2.75) is 46.1 Å². The highest BCUT2D eigenvalue weighted by atomic mass is 16.5. The van der Waals surface area contributed by atoms with Crippen LogP contribution in [0, 0.1) is 17.3 Å². The van der Waals surface area contributed by atoms with Crippen LogP contribution >= 0.6 is 0 Å². The zero-order chi connectivity index (χ0) is 13.2. The van der Waals surface area contributed by atoms with Crippen molar-refractivity contribution in [1.29, 1.82) is 0 Å². The molecule has 0 heterocycles. The van der Waals surface area contributed by atoms with Gasteiger partial charge in [-0.2, -0.15) is 0 Å². The molecule has 0 spiro atoms. The molecular formula is C13H22O4. The van der Waals surface area contributed by atoms with Gasteiger partial charge in [-0.3, -0.25) is 4.79 Å². The van der Waals surface area contributed by atoms with Crippen LogP contribution in [0.2, 0.25) is 0 Å². The Hall–Kier alpha value is -0.900. The van der Waals surface area contributed by atoms with Gasteiger partial charge in [-0.15, -0.1) is 0 Å². The molecule has 0 radical (unpaired) electrons. The first-order valence-corrected chi connectivity index (χ1v) is 6.06. The molecule has 0 saturated heterocycles. The average molecular weight is 242 g/mol.